The molecule has 0 bridgehead atoms. The maximum absolute atomic E-state index is 12.5. The summed E-state index contributed by atoms with van der Waals surface area (Å²) in [5.74, 6) is -0.173. The summed E-state index contributed by atoms with van der Waals surface area (Å²) < 4.78 is 34.7. The van der Waals surface area contributed by atoms with Crippen molar-refractivity contribution in [1.82, 2.24) is 0 Å². The molecule has 1 saturated carbocycles. The van der Waals surface area contributed by atoms with E-state index in [1.165, 1.54) is 5.57 Å². The maximum atomic E-state index is 12.5. The van der Waals surface area contributed by atoms with Gasteiger partial charge in [-0.2, -0.15) is 0 Å². The first-order valence-corrected chi connectivity index (χ1v) is 11.9. The number of ether oxygens (including phenoxy) is 6. The fourth-order valence-corrected chi connectivity index (χ4v) is 5.02. The topological polar surface area (TPSA) is 105 Å². The molecule has 8 nitrogen and oxygen atoms in total. The summed E-state index contributed by atoms with van der Waals surface area (Å²) >= 11 is 0. The second-order valence-electron chi connectivity index (χ2n) is 9.52. The van der Waals surface area contributed by atoms with E-state index >= 15 is 0 Å². The third-order valence-electron chi connectivity index (χ3n) is 6.82. The fraction of sp³-hybridized carbons (Fsp3) is 0.875. The Morgan fingerprint density at radius 1 is 1.19 bits per heavy atom. The molecule has 0 aromatic heterocycles. The average Bonchev–Trinajstić information content (AvgIpc) is 3.67. The molecule has 4 unspecified atom stereocenters. The van der Waals surface area contributed by atoms with Crippen LogP contribution in [0.3, 0.4) is 0 Å². The second-order valence-corrected chi connectivity index (χ2v) is 9.52. The highest BCUT2D eigenvalue weighted by molar-refractivity contribution is 5.69. The molecule has 32 heavy (non-hydrogen) atoms. The van der Waals surface area contributed by atoms with Crippen molar-refractivity contribution < 1.29 is 33.2 Å². The van der Waals surface area contributed by atoms with Crippen molar-refractivity contribution in [3.8, 4) is 0 Å². The van der Waals surface area contributed by atoms with Crippen LogP contribution in [0, 0.1) is 5.92 Å². The Hall–Kier alpha value is -1.03. The zero-order valence-corrected chi connectivity index (χ0v) is 20.1. The number of carbonyl (C=O) groups is 1. The predicted octanol–water partition coefficient (Wildman–Crippen LogP) is 2.38. The molecule has 3 fully saturated rings. The molecule has 2 heterocycles. The quantitative estimate of drug-likeness (QED) is 0.184. The minimum Gasteiger partial charge on any atom is -0.460 e. The van der Waals surface area contributed by atoms with E-state index in [1.54, 1.807) is 7.11 Å². The summed E-state index contributed by atoms with van der Waals surface area (Å²) in [7, 11) is 1.69. The summed E-state index contributed by atoms with van der Waals surface area (Å²) in [5.41, 5.74) is 6.11. The minimum atomic E-state index is -0.325. The number of epoxide rings is 2. The number of nitrogens with two attached hydrogens (primary N) is 1. The molecule has 8 heteroatoms. The summed E-state index contributed by atoms with van der Waals surface area (Å²) in [6.07, 6.45) is 5.23. The summed E-state index contributed by atoms with van der Waals surface area (Å²) in [6, 6.07) is 0. The number of allylic oxidation sites excluding steroid dienone is 1. The highest BCUT2D eigenvalue weighted by Gasteiger charge is 2.72. The number of methoxy groups -OCH3 is 1. The molecule has 1 spiro atoms. The lowest BCUT2D eigenvalue weighted by Gasteiger charge is -2.42. The SMILES string of the molecule is COC1C(OC(=O)CCCOCCOCCN)CC[C@]2(CO2)C1C1(C)O[C@@H]1CC=C(C)C. The molecule has 184 valence electrons. The van der Waals surface area contributed by atoms with E-state index in [2.05, 4.69) is 26.8 Å². The molecule has 2 N–H and O–H groups in total. The first kappa shape index (κ1) is 25.6. The highest BCUT2D eigenvalue weighted by Crippen LogP contribution is 2.59. The van der Waals surface area contributed by atoms with Gasteiger partial charge in [0.15, 0.2) is 0 Å². The Labute approximate surface area is 192 Å². The van der Waals surface area contributed by atoms with E-state index in [0.717, 1.165) is 25.9 Å². The molecule has 3 aliphatic rings. The second kappa shape index (κ2) is 11.4. The molecule has 6 atom stereocenters. The van der Waals surface area contributed by atoms with Gasteiger partial charge in [0, 0.05) is 26.7 Å². The van der Waals surface area contributed by atoms with Gasteiger partial charge in [0.1, 0.15) is 23.4 Å². The lowest BCUT2D eigenvalue weighted by Crippen LogP contribution is -2.55. The van der Waals surface area contributed by atoms with Gasteiger partial charge in [0.25, 0.3) is 0 Å². The molecule has 0 radical (unpaired) electrons. The Bertz CT molecular complexity index is 646. The van der Waals surface area contributed by atoms with Gasteiger partial charge in [-0.05, 0) is 46.5 Å². The van der Waals surface area contributed by atoms with Crippen LogP contribution in [-0.2, 0) is 33.2 Å². The summed E-state index contributed by atoms with van der Waals surface area (Å²) in [4.78, 5) is 12.5. The number of carbonyl (C=O) groups excluding carboxylic acids is 1. The van der Waals surface area contributed by atoms with E-state index in [1.807, 2.05) is 0 Å². The maximum Gasteiger partial charge on any atom is 0.306 e. The first-order valence-electron chi connectivity index (χ1n) is 11.9. The van der Waals surface area contributed by atoms with Gasteiger partial charge >= 0.3 is 5.97 Å². The Balaban J connectivity index is 1.48. The molecule has 0 aromatic rings. The zero-order valence-electron chi connectivity index (χ0n) is 20.1. The van der Waals surface area contributed by atoms with Crippen LogP contribution in [0.4, 0.5) is 0 Å². The Kier molecular flexibility index (Phi) is 9.12. The third kappa shape index (κ3) is 6.30. The monoisotopic (exact) mass is 455 g/mol. The van der Waals surface area contributed by atoms with Crippen LogP contribution in [-0.4, -0.2) is 82.2 Å². The van der Waals surface area contributed by atoms with Crippen LogP contribution in [0.2, 0.25) is 0 Å². The normalized spacial score (nSPS) is 35.5. The fourth-order valence-electron chi connectivity index (χ4n) is 5.02. The zero-order chi connectivity index (χ0) is 23.2. The van der Waals surface area contributed by atoms with E-state index in [9.17, 15) is 4.79 Å². The Morgan fingerprint density at radius 2 is 1.91 bits per heavy atom. The smallest absolute Gasteiger partial charge is 0.306 e. The molecule has 3 rings (SSSR count). The van der Waals surface area contributed by atoms with E-state index in [4.69, 9.17) is 34.2 Å². The standard InChI is InChI=1S/C24H41NO7/c1-17(2)7-8-19-23(3,32-19)22-21(27-4)18(9-10-24(22)16-30-24)31-20(26)6-5-12-28-14-15-29-13-11-25/h7,18-19,21-22H,5-6,8-16,25H2,1-4H3/t18?,19-,21?,22?,23?,24+/m1/s1. The lowest BCUT2D eigenvalue weighted by atomic mass is 9.68. The van der Waals surface area contributed by atoms with Crippen LogP contribution in [0.15, 0.2) is 11.6 Å². The van der Waals surface area contributed by atoms with Crippen LogP contribution < -0.4 is 5.73 Å². The lowest BCUT2D eigenvalue weighted by molar-refractivity contribution is -0.172. The van der Waals surface area contributed by atoms with Crippen molar-refractivity contribution in [2.24, 2.45) is 11.7 Å². The van der Waals surface area contributed by atoms with E-state index < -0.39 is 0 Å². The first-order chi connectivity index (χ1) is 15.4. The molecule has 1 aliphatic carbocycles. The van der Waals surface area contributed by atoms with Crippen molar-refractivity contribution in [2.45, 2.75) is 82.4 Å². The summed E-state index contributed by atoms with van der Waals surface area (Å²) in [6.45, 7) is 9.61. The highest BCUT2D eigenvalue weighted by atomic mass is 16.6. The van der Waals surface area contributed by atoms with Gasteiger partial charge in [-0.15, -0.1) is 0 Å². The van der Waals surface area contributed by atoms with Crippen molar-refractivity contribution in [1.29, 1.82) is 0 Å². The number of hydrogen-bond acceptors (Lipinski definition) is 8. The molecule has 2 aliphatic heterocycles. The predicted molar refractivity (Wildman–Crippen MR) is 119 cm³/mol. The molecule has 2 saturated heterocycles. The van der Waals surface area contributed by atoms with Crippen molar-refractivity contribution >= 4 is 5.97 Å². The van der Waals surface area contributed by atoms with Crippen molar-refractivity contribution in [3.05, 3.63) is 11.6 Å². The van der Waals surface area contributed by atoms with E-state index in [0.29, 0.717) is 45.8 Å². The number of rotatable bonds is 14. The largest absolute Gasteiger partial charge is 0.460 e. The third-order valence-corrected chi connectivity index (χ3v) is 6.82. The number of hydrogen-bond donors (Lipinski definition) is 1. The number of esters is 1. The minimum absolute atomic E-state index is 0.0407. The van der Waals surface area contributed by atoms with Gasteiger partial charge < -0.3 is 34.2 Å². The molecular formula is C24H41NO7. The van der Waals surface area contributed by atoms with Gasteiger partial charge in [-0.25, -0.2) is 0 Å². The molecule has 0 aromatic carbocycles. The van der Waals surface area contributed by atoms with Crippen molar-refractivity contribution in [3.63, 3.8) is 0 Å². The van der Waals surface area contributed by atoms with Gasteiger partial charge in [-0.3, -0.25) is 4.79 Å². The summed E-state index contributed by atoms with van der Waals surface area (Å²) in [5, 5.41) is 0. The van der Waals surface area contributed by atoms with Gasteiger partial charge in [0.05, 0.1) is 38.4 Å². The molecular weight excluding hydrogens is 414 g/mol. The van der Waals surface area contributed by atoms with Crippen LogP contribution in [0.5, 0.6) is 0 Å². The van der Waals surface area contributed by atoms with Gasteiger partial charge in [0.2, 0.25) is 0 Å². The van der Waals surface area contributed by atoms with Crippen molar-refractivity contribution in [2.75, 3.05) is 46.7 Å². The Morgan fingerprint density at radius 3 is 2.53 bits per heavy atom. The van der Waals surface area contributed by atoms with Gasteiger partial charge in [-0.1, -0.05) is 11.6 Å². The molecule has 0 amide bonds. The van der Waals surface area contributed by atoms with Crippen LogP contribution in [0.1, 0.15) is 52.9 Å². The van der Waals surface area contributed by atoms with Crippen LogP contribution >= 0.6 is 0 Å². The van der Waals surface area contributed by atoms with Crippen LogP contribution in [0.25, 0.3) is 0 Å². The average molecular weight is 456 g/mol. The van der Waals surface area contributed by atoms with E-state index in [-0.39, 0.29) is 41.4 Å².